The maximum atomic E-state index is 9.61. The lowest BCUT2D eigenvalue weighted by Gasteiger charge is -2.51. The van der Waals surface area contributed by atoms with Gasteiger partial charge in [0.2, 0.25) is 5.95 Å². The Morgan fingerprint density at radius 1 is 1.30 bits per heavy atom. The molecule has 0 amide bonds. The van der Waals surface area contributed by atoms with Crippen LogP contribution < -0.4 is 4.90 Å². The first-order valence-corrected chi connectivity index (χ1v) is 7.24. The molecule has 1 aliphatic heterocycles. The second-order valence-electron chi connectivity index (χ2n) is 6.19. The van der Waals surface area contributed by atoms with Gasteiger partial charge in [-0.1, -0.05) is 0 Å². The molecule has 20 heavy (non-hydrogen) atoms. The Kier molecular flexibility index (Phi) is 2.63. The fourth-order valence-electron chi connectivity index (χ4n) is 3.67. The Labute approximate surface area is 117 Å². The third-order valence-electron chi connectivity index (χ3n) is 4.65. The van der Waals surface area contributed by atoms with Gasteiger partial charge in [-0.25, -0.2) is 9.97 Å². The number of piperidine rings is 1. The molecule has 1 saturated carbocycles. The number of fused-ring (bicyclic) bond motifs is 1. The van der Waals surface area contributed by atoms with Crippen molar-refractivity contribution < 1.29 is 5.11 Å². The van der Waals surface area contributed by atoms with Gasteiger partial charge in [0.1, 0.15) is 0 Å². The molecule has 104 valence electrons. The van der Waals surface area contributed by atoms with Crippen molar-refractivity contribution in [1.29, 1.82) is 0 Å². The van der Waals surface area contributed by atoms with Crippen LogP contribution in [0.5, 0.6) is 0 Å². The maximum absolute atomic E-state index is 9.61. The van der Waals surface area contributed by atoms with E-state index in [1.54, 1.807) is 12.4 Å². The molecule has 0 radical (unpaired) electrons. The number of nitrogens with zero attached hydrogens (tertiary/aromatic N) is 4. The molecule has 5 nitrogen and oxygen atoms in total. The summed E-state index contributed by atoms with van der Waals surface area (Å²) in [6.07, 6.45) is 9.54. The quantitative estimate of drug-likeness (QED) is 0.855. The molecule has 2 aromatic rings. The molecule has 1 N–H and O–H groups in total. The molecule has 0 atom stereocenters. The van der Waals surface area contributed by atoms with Crippen molar-refractivity contribution in [2.45, 2.75) is 31.8 Å². The van der Waals surface area contributed by atoms with E-state index in [-0.39, 0.29) is 6.10 Å². The van der Waals surface area contributed by atoms with E-state index in [1.807, 2.05) is 12.3 Å². The van der Waals surface area contributed by atoms with E-state index in [4.69, 9.17) is 0 Å². The molecule has 4 rings (SSSR count). The second-order valence-corrected chi connectivity index (χ2v) is 6.19. The molecule has 3 heterocycles. The Bertz CT molecular complexity index is 633. The molecule has 5 heteroatoms. The monoisotopic (exact) mass is 270 g/mol. The van der Waals surface area contributed by atoms with Gasteiger partial charge >= 0.3 is 0 Å². The molecule has 0 bridgehead atoms. The molecule has 1 aliphatic carbocycles. The number of rotatable bonds is 1. The molecule has 1 spiro atoms. The zero-order chi connectivity index (χ0) is 13.6. The highest BCUT2D eigenvalue weighted by Crippen LogP contribution is 2.47. The van der Waals surface area contributed by atoms with Crippen LogP contribution in [0.25, 0.3) is 10.9 Å². The van der Waals surface area contributed by atoms with Crippen molar-refractivity contribution in [3.8, 4) is 0 Å². The first kappa shape index (κ1) is 12.0. The summed E-state index contributed by atoms with van der Waals surface area (Å²) in [4.78, 5) is 15.5. The molecule has 0 aromatic carbocycles. The molecule has 2 aliphatic rings. The highest BCUT2D eigenvalue weighted by Gasteiger charge is 2.46. The standard InChI is InChI=1S/C15H18N4O/c20-12-6-15(7-12)3-1-5-19(10-15)14-17-9-11-8-16-4-2-13(11)18-14/h2,4,8-9,12,20H,1,3,5-7,10H2. The zero-order valence-electron chi connectivity index (χ0n) is 11.4. The molecule has 2 fully saturated rings. The SMILES string of the molecule is OC1CC2(CCCN(c3ncc4cnccc4n3)C2)C1. The molecule has 2 aromatic heterocycles. The van der Waals surface area contributed by atoms with Gasteiger partial charge in [-0.15, -0.1) is 0 Å². The fraction of sp³-hybridized carbons (Fsp3) is 0.533. The minimum absolute atomic E-state index is 0.0986. The van der Waals surface area contributed by atoms with E-state index in [2.05, 4.69) is 19.9 Å². The average molecular weight is 270 g/mol. The van der Waals surface area contributed by atoms with Crippen LogP contribution >= 0.6 is 0 Å². The molecular weight excluding hydrogens is 252 g/mol. The minimum atomic E-state index is -0.0986. The Morgan fingerprint density at radius 2 is 2.20 bits per heavy atom. The number of aliphatic hydroxyl groups excluding tert-OH is 1. The number of aliphatic hydroxyl groups is 1. The summed E-state index contributed by atoms with van der Waals surface area (Å²) in [5.41, 5.74) is 1.24. The maximum Gasteiger partial charge on any atom is 0.225 e. The number of hydrogen-bond donors (Lipinski definition) is 1. The van der Waals surface area contributed by atoms with E-state index in [0.717, 1.165) is 49.2 Å². The van der Waals surface area contributed by atoms with E-state index in [1.165, 1.54) is 6.42 Å². The number of aromatic nitrogens is 3. The predicted octanol–water partition coefficient (Wildman–Crippen LogP) is 1.77. The Balaban J connectivity index is 1.62. The summed E-state index contributed by atoms with van der Waals surface area (Å²) in [5, 5.41) is 10.6. The minimum Gasteiger partial charge on any atom is -0.393 e. The van der Waals surface area contributed by atoms with Crippen molar-refractivity contribution in [3.05, 3.63) is 24.7 Å². The number of hydrogen-bond acceptors (Lipinski definition) is 5. The second kappa shape index (κ2) is 4.38. The first-order valence-electron chi connectivity index (χ1n) is 7.24. The van der Waals surface area contributed by atoms with Crippen molar-refractivity contribution >= 4 is 16.9 Å². The summed E-state index contributed by atoms with van der Waals surface area (Å²) in [5.74, 6) is 0.809. The van der Waals surface area contributed by atoms with Gasteiger partial charge in [-0.2, -0.15) is 0 Å². The van der Waals surface area contributed by atoms with Crippen molar-refractivity contribution in [3.63, 3.8) is 0 Å². The van der Waals surface area contributed by atoms with Gasteiger partial charge < -0.3 is 10.0 Å². The van der Waals surface area contributed by atoms with Crippen LogP contribution in [0.1, 0.15) is 25.7 Å². The Hall–Kier alpha value is -1.75. The third-order valence-corrected chi connectivity index (χ3v) is 4.65. The van der Waals surface area contributed by atoms with Crippen LogP contribution in [0.4, 0.5) is 5.95 Å². The van der Waals surface area contributed by atoms with Gasteiger partial charge in [0, 0.05) is 37.1 Å². The van der Waals surface area contributed by atoms with Crippen molar-refractivity contribution in [2.24, 2.45) is 5.41 Å². The van der Waals surface area contributed by atoms with E-state index < -0.39 is 0 Å². The molecule has 1 saturated heterocycles. The van der Waals surface area contributed by atoms with Gasteiger partial charge in [0.25, 0.3) is 0 Å². The van der Waals surface area contributed by atoms with Crippen LogP contribution in [0.15, 0.2) is 24.7 Å². The predicted molar refractivity (Wildman–Crippen MR) is 76.5 cm³/mol. The topological polar surface area (TPSA) is 62.1 Å². The van der Waals surface area contributed by atoms with Gasteiger partial charge in [-0.3, -0.25) is 4.98 Å². The first-order chi connectivity index (χ1) is 9.74. The lowest BCUT2D eigenvalue weighted by Crippen LogP contribution is -2.52. The normalized spacial score (nSPS) is 29.6. The Morgan fingerprint density at radius 3 is 3.05 bits per heavy atom. The van der Waals surface area contributed by atoms with Crippen molar-refractivity contribution in [1.82, 2.24) is 15.0 Å². The van der Waals surface area contributed by atoms with Crippen LogP contribution in [0.3, 0.4) is 0 Å². The summed E-state index contributed by atoms with van der Waals surface area (Å²) in [6.45, 7) is 1.98. The van der Waals surface area contributed by atoms with E-state index in [0.29, 0.717) is 5.41 Å². The smallest absolute Gasteiger partial charge is 0.225 e. The molecule has 0 unspecified atom stereocenters. The highest BCUT2D eigenvalue weighted by molar-refractivity contribution is 5.77. The average Bonchev–Trinajstić information content (AvgIpc) is 2.46. The van der Waals surface area contributed by atoms with Gasteiger partial charge in [-0.05, 0) is 37.2 Å². The lowest BCUT2D eigenvalue weighted by atomic mass is 9.62. The fourth-order valence-corrected chi connectivity index (χ4v) is 3.67. The van der Waals surface area contributed by atoms with Crippen LogP contribution in [-0.4, -0.2) is 39.3 Å². The largest absolute Gasteiger partial charge is 0.393 e. The summed E-state index contributed by atoms with van der Waals surface area (Å²) in [7, 11) is 0. The highest BCUT2D eigenvalue weighted by atomic mass is 16.3. The zero-order valence-corrected chi connectivity index (χ0v) is 11.4. The van der Waals surface area contributed by atoms with Crippen LogP contribution in [0.2, 0.25) is 0 Å². The third kappa shape index (κ3) is 1.93. The molecular formula is C15H18N4O. The lowest BCUT2D eigenvalue weighted by molar-refractivity contribution is -0.0397. The van der Waals surface area contributed by atoms with E-state index in [9.17, 15) is 5.11 Å². The number of pyridine rings is 1. The number of anilines is 1. The van der Waals surface area contributed by atoms with Crippen molar-refractivity contribution in [2.75, 3.05) is 18.0 Å². The van der Waals surface area contributed by atoms with E-state index >= 15 is 0 Å². The van der Waals surface area contributed by atoms with Gasteiger partial charge in [0.05, 0.1) is 11.6 Å². The summed E-state index contributed by atoms with van der Waals surface area (Å²) >= 11 is 0. The summed E-state index contributed by atoms with van der Waals surface area (Å²) < 4.78 is 0. The van der Waals surface area contributed by atoms with Crippen LogP contribution in [-0.2, 0) is 0 Å². The summed E-state index contributed by atoms with van der Waals surface area (Å²) in [6, 6.07) is 1.92. The van der Waals surface area contributed by atoms with Gasteiger partial charge in [0.15, 0.2) is 0 Å². The van der Waals surface area contributed by atoms with Crippen LogP contribution in [0, 0.1) is 5.41 Å².